The average Bonchev–Trinajstić information content (AvgIpc) is 2.67. The normalized spacial score (nSPS) is 12.9. The number of nitrogens with one attached hydrogen (secondary N) is 1. The fraction of sp³-hybridized carbons (Fsp3) is 0.286. The minimum atomic E-state index is -0.333. The zero-order chi connectivity index (χ0) is 20.1. The smallest absolute Gasteiger partial charge is 0.265 e. The molecule has 7 nitrogen and oxygen atoms in total. The van der Waals surface area contributed by atoms with Crippen molar-refractivity contribution >= 4 is 29.0 Å². The third-order valence-electron chi connectivity index (χ3n) is 4.31. The Morgan fingerprint density at radius 1 is 1.18 bits per heavy atom. The van der Waals surface area contributed by atoms with Crippen molar-refractivity contribution in [2.75, 3.05) is 36.6 Å². The van der Waals surface area contributed by atoms with Crippen LogP contribution in [0.15, 0.2) is 42.5 Å². The molecular weight excluding hydrogens is 360 g/mol. The monoisotopic (exact) mass is 382 g/mol. The van der Waals surface area contributed by atoms with Crippen molar-refractivity contribution in [1.82, 2.24) is 0 Å². The van der Waals surface area contributed by atoms with Gasteiger partial charge in [-0.1, -0.05) is 12.1 Å². The molecule has 2 aromatic rings. The van der Waals surface area contributed by atoms with Crippen molar-refractivity contribution in [2.24, 2.45) is 0 Å². The summed E-state index contributed by atoms with van der Waals surface area (Å²) >= 11 is 0. The third kappa shape index (κ3) is 4.55. The number of aryl methyl sites for hydroxylation is 1. The zero-order valence-electron chi connectivity index (χ0n) is 15.9. The lowest BCUT2D eigenvalue weighted by atomic mass is 10.1. The maximum Gasteiger partial charge on any atom is 0.265 e. The molecule has 1 aliphatic rings. The minimum Gasteiger partial charge on any atom is -0.482 e. The molecule has 7 heteroatoms. The summed E-state index contributed by atoms with van der Waals surface area (Å²) in [7, 11) is 0. The van der Waals surface area contributed by atoms with E-state index in [0.29, 0.717) is 29.2 Å². The number of carbonyl (C=O) groups is 3. The van der Waals surface area contributed by atoms with Crippen LogP contribution in [-0.4, -0.2) is 44.0 Å². The average molecular weight is 382 g/mol. The van der Waals surface area contributed by atoms with E-state index >= 15 is 0 Å². The van der Waals surface area contributed by atoms with Crippen LogP contribution in [0.5, 0.6) is 5.75 Å². The lowest BCUT2D eigenvalue weighted by molar-refractivity contribution is -0.121. The Morgan fingerprint density at radius 2 is 2.00 bits per heavy atom. The fourth-order valence-electron chi connectivity index (χ4n) is 2.96. The molecule has 0 saturated heterocycles. The summed E-state index contributed by atoms with van der Waals surface area (Å²) < 4.78 is 10.7. The molecule has 1 aliphatic heterocycles. The molecule has 146 valence electrons. The Bertz CT molecular complexity index is 909. The topological polar surface area (TPSA) is 84.9 Å². The molecule has 0 atom stereocenters. The van der Waals surface area contributed by atoms with E-state index in [1.54, 1.807) is 29.2 Å². The number of hydrogen-bond donors (Lipinski definition) is 1. The fourth-order valence-corrected chi connectivity index (χ4v) is 2.96. The molecule has 0 aliphatic carbocycles. The molecule has 2 amide bonds. The van der Waals surface area contributed by atoms with E-state index in [1.807, 2.05) is 32.0 Å². The second-order valence-electron chi connectivity index (χ2n) is 6.44. The number of ether oxygens (including phenoxy) is 2. The second kappa shape index (κ2) is 8.67. The number of likely N-dealkylation sites (N-methyl/N-ethyl adjacent to an activating group) is 1. The Kier molecular flexibility index (Phi) is 6.06. The first kappa shape index (κ1) is 19.6. The van der Waals surface area contributed by atoms with Crippen LogP contribution in [0.1, 0.15) is 22.8 Å². The first-order valence-corrected chi connectivity index (χ1v) is 9.02. The Balaban J connectivity index is 1.56. The largest absolute Gasteiger partial charge is 0.482 e. The number of nitrogens with zero attached hydrogens (tertiary/aromatic N) is 1. The highest BCUT2D eigenvalue weighted by molar-refractivity contribution is 6.02. The molecule has 0 saturated carbocycles. The van der Waals surface area contributed by atoms with Gasteiger partial charge in [-0.3, -0.25) is 14.4 Å². The lowest BCUT2D eigenvalue weighted by Crippen LogP contribution is -2.38. The van der Waals surface area contributed by atoms with Crippen LogP contribution in [-0.2, 0) is 14.3 Å². The van der Waals surface area contributed by atoms with Crippen molar-refractivity contribution in [3.8, 4) is 5.75 Å². The van der Waals surface area contributed by atoms with Gasteiger partial charge in [-0.05, 0) is 49.7 Å². The molecule has 28 heavy (non-hydrogen) atoms. The van der Waals surface area contributed by atoms with E-state index in [-0.39, 0.29) is 37.4 Å². The van der Waals surface area contributed by atoms with Gasteiger partial charge in [0.05, 0.1) is 5.69 Å². The van der Waals surface area contributed by atoms with Gasteiger partial charge >= 0.3 is 0 Å². The molecule has 1 N–H and O–H groups in total. The van der Waals surface area contributed by atoms with Gasteiger partial charge in [-0.2, -0.15) is 0 Å². The van der Waals surface area contributed by atoms with E-state index in [0.717, 1.165) is 5.56 Å². The van der Waals surface area contributed by atoms with E-state index in [9.17, 15) is 14.4 Å². The summed E-state index contributed by atoms with van der Waals surface area (Å²) in [6, 6.07) is 12.3. The van der Waals surface area contributed by atoms with Gasteiger partial charge in [0.2, 0.25) is 5.91 Å². The minimum absolute atomic E-state index is 0.00665. The first-order chi connectivity index (χ1) is 13.5. The summed E-state index contributed by atoms with van der Waals surface area (Å²) in [6.07, 6.45) is 0. The predicted molar refractivity (Wildman–Crippen MR) is 105 cm³/mol. The molecule has 0 aromatic heterocycles. The molecule has 1 heterocycles. The van der Waals surface area contributed by atoms with Crippen LogP contribution < -0.4 is 15.0 Å². The summed E-state index contributed by atoms with van der Waals surface area (Å²) in [5.41, 5.74) is 2.68. The van der Waals surface area contributed by atoms with E-state index in [4.69, 9.17) is 9.47 Å². The number of hydrogen-bond acceptors (Lipinski definition) is 5. The number of carbonyl (C=O) groups excluding carboxylic acids is 3. The predicted octanol–water partition coefficient (Wildman–Crippen LogP) is 2.58. The molecule has 3 rings (SSSR count). The molecular formula is C21H22N2O5. The SMILES string of the molecule is CCN1C(=O)COc2ccc(C(=O)COCC(=O)Nc3cccc(C)c3)cc21. The summed E-state index contributed by atoms with van der Waals surface area (Å²) in [5, 5.41) is 2.72. The summed E-state index contributed by atoms with van der Waals surface area (Å²) in [5.74, 6) is -0.194. The summed E-state index contributed by atoms with van der Waals surface area (Å²) in [4.78, 5) is 37.8. The number of fused-ring (bicyclic) bond motifs is 1. The molecule has 0 unspecified atom stereocenters. The van der Waals surface area contributed by atoms with Gasteiger partial charge < -0.3 is 19.7 Å². The number of amides is 2. The van der Waals surface area contributed by atoms with E-state index in [2.05, 4.69) is 5.32 Å². The van der Waals surface area contributed by atoms with Gasteiger partial charge in [0, 0.05) is 17.8 Å². The van der Waals surface area contributed by atoms with Gasteiger partial charge in [-0.15, -0.1) is 0 Å². The third-order valence-corrected chi connectivity index (χ3v) is 4.31. The number of rotatable bonds is 7. The lowest BCUT2D eigenvalue weighted by Gasteiger charge is -2.28. The van der Waals surface area contributed by atoms with Crippen molar-refractivity contribution in [3.63, 3.8) is 0 Å². The van der Waals surface area contributed by atoms with Crippen LogP contribution in [0, 0.1) is 6.92 Å². The molecule has 2 aromatic carbocycles. The number of Topliss-reactive ketones (excluding diaryl/α,β-unsaturated/α-hetero) is 1. The highest BCUT2D eigenvalue weighted by atomic mass is 16.5. The number of benzene rings is 2. The Labute approximate surface area is 163 Å². The number of ketones is 1. The van der Waals surface area contributed by atoms with Crippen molar-refractivity contribution < 1.29 is 23.9 Å². The van der Waals surface area contributed by atoms with E-state index in [1.165, 1.54) is 0 Å². The van der Waals surface area contributed by atoms with Crippen molar-refractivity contribution in [2.45, 2.75) is 13.8 Å². The molecule has 0 bridgehead atoms. The van der Waals surface area contributed by atoms with Crippen molar-refractivity contribution in [3.05, 3.63) is 53.6 Å². The first-order valence-electron chi connectivity index (χ1n) is 9.02. The maximum absolute atomic E-state index is 12.4. The van der Waals surface area contributed by atoms with Gasteiger partial charge in [0.25, 0.3) is 5.91 Å². The highest BCUT2D eigenvalue weighted by Gasteiger charge is 2.25. The maximum atomic E-state index is 12.4. The zero-order valence-corrected chi connectivity index (χ0v) is 15.9. The van der Waals surface area contributed by atoms with Crippen LogP contribution in [0.4, 0.5) is 11.4 Å². The van der Waals surface area contributed by atoms with E-state index < -0.39 is 0 Å². The van der Waals surface area contributed by atoms with Crippen molar-refractivity contribution in [1.29, 1.82) is 0 Å². The second-order valence-corrected chi connectivity index (χ2v) is 6.44. The number of anilines is 2. The highest BCUT2D eigenvalue weighted by Crippen LogP contribution is 2.32. The van der Waals surface area contributed by atoms with Gasteiger partial charge in [0.1, 0.15) is 19.0 Å². The summed E-state index contributed by atoms with van der Waals surface area (Å²) in [6.45, 7) is 3.81. The quantitative estimate of drug-likeness (QED) is 0.744. The molecule has 0 spiro atoms. The van der Waals surface area contributed by atoms with Crippen LogP contribution >= 0.6 is 0 Å². The van der Waals surface area contributed by atoms with Crippen LogP contribution in [0.25, 0.3) is 0 Å². The van der Waals surface area contributed by atoms with Crippen LogP contribution in [0.2, 0.25) is 0 Å². The molecule has 0 fully saturated rings. The van der Waals surface area contributed by atoms with Gasteiger partial charge in [0.15, 0.2) is 12.4 Å². The van der Waals surface area contributed by atoms with Crippen LogP contribution in [0.3, 0.4) is 0 Å². The molecule has 0 radical (unpaired) electrons. The standard InChI is InChI=1S/C21H22N2O5/c1-3-23-17-10-15(7-8-19(17)28-13-21(23)26)18(24)11-27-12-20(25)22-16-6-4-5-14(2)9-16/h4-10H,3,11-13H2,1-2H3,(H,22,25). The Morgan fingerprint density at radius 3 is 2.75 bits per heavy atom. The van der Waals surface area contributed by atoms with Gasteiger partial charge in [-0.25, -0.2) is 0 Å². The Hall–Kier alpha value is -3.19.